The number of nitriles is 1. The number of hydrogen-bond acceptors (Lipinski definition) is 4. The molecule has 1 aromatic heterocycles. The Labute approximate surface area is 166 Å². The standard InChI is InChI=1S/C22H27N5O/c23-12-18-3-1-4-19(11-18)14-26-9-2-7-22(15-26)8-5-21(28)27(16-22)10-6-20-13-24-17-25-20/h1,3-4,11,13,17H,2,5-10,14-16H2,(H,24,25). The number of hydrogen-bond donors (Lipinski definition) is 1. The molecular weight excluding hydrogens is 350 g/mol. The molecule has 28 heavy (non-hydrogen) atoms. The van der Waals surface area contributed by atoms with Crippen molar-refractivity contribution < 1.29 is 4.79 Å². The molecule has 0 bridgehead atoms. The van der Waals surface area contributed by atoms with Gasteiger partial charge in [0, 0.05) is 56.3 Å². The number of benzene rings is 1. The molecule has 6 nitrogen and oxygen atoms in total. The molecule has 2 aromatic rings. The Morgan fingerprint density at radius 1 is 1.29 bits per heavy atom. The fourth-order valence-corrected chi connectivity index (χ4v) is 4.76. The molecule has 1 N–H and O–H groups in total. The van der Waals surface area contributed by atoms with Crippen LogP contribution >= 0.6 is 0 Å². The smallest absolute Gasteiger partial charge is 0.222 e. The molecule has 1 atom stereocenters. The van der Waals surface area contributed by atoms with E-state index in [1.54, 1.807) is 6.33 Å². The maximum Gasteiger partial charge on any atom is 0.222 e. The van der Waals surface area contributed by atoms with E-state index in [0.29, 0.717) is 6.42 Å². The Hall–Kier alpha value is -2.65. The van der Waals surface area contributed by atoms with Gasteiger partial charge in [-0.05, 0) is 43.5 Å². The number of piperidine rings is 2. The van der Waals surface area contributed by atoms with Crippen molar-refractivity contribution in [3.05, 3.63) is 53.6 Å². The summed E-state index contributed by atoms with van der Waals surface area (Å²) in [7, 11) is 0. The first kappa shape index (κ1) is 18.7. The summed E-state index contributed by atoms with van der Waals surface area (Å²) in [5.41, 5.74) is 3.19. The van der Waals surface area contributed by atoms with Crippen LogP contribution in [0.5, 0.6) is 0 Å². The van der Waals surface area contributed by atoms with Gasteiger partial charge in [-0.2, -0.15) is 5.26 Å². The number of imidazole rings is 1. The number of H-pyrrole nitrogens is 1. The molecule has 2 saturated heterocycles. The number of carbonyl (C=O) groups excluding carboxylic acids is 1. The minimum Gasteiger partial charge on any atom is -0.348 e. The molecule has 1 aromatic carbocycles. The van der Waals surface area contributed by atoms with Crippen LogP contribution in [0.2, 0.25) is 0 Å². The Balaban J connectivity index is 1.40. The second-order valence-corrected chi connectivity index (χ2v) is 8.27. The molecule has 2 aliphatic heterocycles. The zero-order valence-electron chi connectivity index (χ0n) is 16.2. The first-order valence-corrected chi connectivity index (χ1v) is 10.1. The maximum absolute atomic E-state index is 12.5. The highest BCUT2D eigenvalue weighted by Gasteiger charge is 2.41. The Morgan fingerprint density at radius 3 is 3.04 bits per heavy atom. The summed E-state index contributed by atoms with van der Waals surface area (Å²) in [6, 6.07) is 10.1. The van der Waals surface area contributed by atoms with E-state index in [0.717, 1.165) is 56.8 Å². The normalized spacial score (nSPS) is 23.1. The largest absolute Gasteiger partial charge is 0.348 e. The van der Waals surface area contributed by atoms with Crippen molar-refractivity contribution in [1.29, 1.82) is 5.26 Å². The monoisotopic (exact) mass is 377 g/mol. The lowest BCUT2D eigenvalue weighted by Crippen LogP contribution is -2.54. The molecule has 2 aliphatic rings. The average molecular weight is 377 g/mol. The molecule has 0 aliphatic carbocycles. The van der Waals surface area contributed by atoms with E-state index in [1.165, 1.54) is 18.4 Å². The van der Waals surface area contributed by atoms with Crippen molar-refractivity contribution in [2.24, 2.45) is 5.41 Å². The van der Waals surface area contributed by atoms with Gasteiger partial charge in [0.1, 0.15) is 0 Å². The molecule has 0 radical (unpaired) electrons. The third-order valence-corrected chi connectivity index (χ3v) is 6.16. The van der Waals surface area contributed by atoms with E-state index in [1.807, 2.05) is 24.4 Å². The minimum atomic E-state index is 0.201. The van der Waals surface area contributed by atoms with Crippen LogP contribution in [-0.4, -0.2) is 51.9 Å². The average Bonchev–Trinajstić information content (AvgIpc) is 3.23. The molecular formula is C22H27N5O. The predicted molar refractivity (Wildman–Crippen MR) is 106 cm³/mol. The summed E-state index contributed by atoms with van der Waals surface area (Å²) < 4.78 is 0. The Bertz CT molecular complexity index is 856. The van der Waals surface area contributed by atoms with Crippen LogP contribution in [0, 0.1) is 16.7 Å². The fourth-order valence-electron chi connectivity index (χ4n) is 4.76. The van der Waals surface area contributed by atoms with Gasteiger partial charge in [-0.15, -0.1) is 0 Å². The molecule has 6 heteroatoms. The third kappa shape index (κ3) is 4.26. The highest BCUT2D eigenvalue weighted by atomic mass is 16.2. The zero-order chi connectivity index (χ0) is 19.4. The van der Waals surface area contributed by atoms with Gasteiger partial charge in [0.2, 0.25) is 5.91 Å². The number of aromatic nitrogens is 2. The number of nitrogens with one attached hydrogen (secondary N) is 1. The zero-order valence-corrected chi connectivity index (χ0v) is 16.2. The van der Waals surface area contributed by atoms with Gasteiger partial charge in [-0.1, -0.05) is 12.1 Å². The van der Waals surface area contributed by atoms with E-state index in [4.69, 9.17) is 5.26 Å². The second kappa shape index (κ2) is 8.15. The number of carbonyl (C=O) groups is 1. The second-order valence-electron chi connectivity index (χ2n) is 8.27. The topological polar surface area (TPSA) is 76.0 Å². The van der Waals surface area contributed by atoms with Gasteiger partial charge < -0.3 is 9.88 Å². The van der Waals surface area contributed by atoms with Gasteiger partial charge >= 0.3 is 0 Å². The SMILES string of the molecule is N#Cc1cccc(CN2CCCC3(CCC(=O)N(CCc4cnc[nH]4)C3)C2)c1. The summed E-state index contributed by atoms with van der Waals surface area (Å²) in [6.45, 7) is 4.60. The van der Waals surface area contributed by atoms with E-state index in [-0.39, 0.29) is 11.3 Å². The van der Waals surface area contributed by atoms with Gasteiger partial charge in [-0.25, -0.2) is 4.98 Å². The van der Waals surface area contributed by atoms with Crippen LogP contribution in [0.25, 0.3) is 0 Å². The maximum atomic E-state index is 12.5. The minimum absolute atomic E-state index is 0.201. The number of nitrogens with zero attached hydrogens (tertiary/aromatic N) is 4. The summed E-state index contributed by atoms with van der Waals surface area (Å²) in [4.78, 5) is 24.2. The number of amides is 1. The van der Waals surface area contributed by atoms with Crippen molar-refractivity contribution >= 4 is 5.91 Å². The van der Waals surface area contributed by atoms with Gasteiger partial charge in [0.05, 0.1) is 18.0 Å². The number of rotatable bonds is 5. The predicted octanol–water partition coefficient (Wildman–Crippen LogP) is 2.73. The van der Waals surface area contributed by atoms with E-state index in [9.17, 15) is 4.79 Å². The third-order valence-electron chi connectivity index (χ3n) is 6.16. The van der Waals surface area contributed by atoms with Gasteiger partial charge in [0.15, 0.2) is 0 Å². The van der Waals surface area contributed by atoms with E-state index >= 15 is 0 Å². The lowest BCUT2D eigenvalue weighted by atomic mass is 9.73. The molecule has 1 unspecified atom stereocenters. The molecule has 2 fully saturated rings. The van der Waals surface area contributed by atoms with Crippen molar-refractivity contribution in [1.82, 2.24) is 19.8 Å². The van der Waals surface area contributed by atoms with E-state index in [2.05, 4.69) is 31.9 Å². The van der Waals surface area contributed by atoms with Gasteiger partial charge in [-0.3, -0.25) is 9.69 Å². The van der Waals surface area contributed by atoms with E-state index < -0.39 is 0 Å². The molecule has 146 valence electrons. The van der Waals surface area contributed by atoms with Crippen molar-refractivity contribution in [3.8, 4) is 6.07 Å². The van der Waals surface area contributed by atoms with Crippen LogP contribution in [-0.2, 0) is 17.8 Å². The molecule has 4 rings (SSSR count). The van der Waals surface area contributed by atoms with Crippen molar-refractivity contribution in [2.75, 3.05) is 26.2 Å². The first-order valence-electron chi connectivity index (χ1n) is 10.1. The first-order chi connectivity index (χ1) is 13.7. The summed E-state index contributed by atoms with van der Waals surface area (Å²) in [5, 5.41) is 9.13. The highest BCUT2D eigenvalue weighted by molar-refractivity contribution is 5.77. The lowest BCUT2D eigenvalue weighted by Gasteiger charge is -2.48. The van der Waals surface area contributed by atoms with Crippen LogP contribution in [0.1, 0.15) is 42.5 Å². The Kier molecular flexibility index (Phi) is 5.45. The summed E-state index contributed by atoms with van der Waals surface area (Å²) in [6.07, 6.45) is 8.35. The molecule has 1 amide bonds. The van der Waals surface area contributed by atoms with Crippen molar-refractivity contribution in [2.45, 2.75) is 38.6 Å². The van der Waals surface area contributed by atoms with Crippen LogP contribution in [0.15, 0.2) is 36.8 Å². The lowest BCUT2D eigenvalue weighted by molar-refractivity contribution is -0.139. The molecule has 0 saturated carbocycles. The summed E-state index contributed by atoms with van der Waals surface area (Å²) in [5.74, 6) is 0.281. The van der Waals surface area contributed by atoms with Crippen LogP contribution in [0.3, 0.4) is 0 Å². The number of likely N-dealkylation sites (tertiary alicyclic amines) is 2. The van der Waals surface area contributed by atoms with Crippen molar-refractivity contribution in [3.63, 3.8) is 0 Å². The fraction of sp³-hybridized carbons (Fsp3) is 0.500. The number of aromatic amines is 1. The molecule has 1 spiro atoms. The highest BCUT2D eigenvalue weighted by Crippen LogP contribution is 2.39. The summed E-state index contributed by atoms with van der Waals surface area (Å²) >= 11 is 0. The molecule has 3 heterocycles. The quantitative estimate of drug-likeness (QED) is 0.869. The van der Waals surface area contributed by atoms with Crippen LogP contribution in [0.4, 0.5) is 0 Å². The van der Waals surface area contributed by atoms with Gasteiger partial charge in [0.25, 0.3) is 0 Å². The van der Waals surface area contributed by atoms with Crippen LogP contribution < -0.4 is 0 Å². The Morgan fingerprint density at radius 2 is 2.21 bits per heavy atom.